The molecule has 0 saturated carbocycles. The largest absolute Gasteiger partial charge is 0.355 e. The number of rotatable bonds is 6. The quantitative estimate of drug-likeness (QED) is 0.541. The Morgan fingerprint density at radius 2 is 1.93 bits per heavy atom. The molecule has 3 N–H and O–H groups in total. The van der Waals surface area contributed by atoms with Crippen molar-refractivity contribution in [3.63, 3.8) is 0 Å². The molecule has 1 saturated heterocycles. The molecule has 0 spiro atoms. The van der Waals surface area contributed by atoms with Gasteiger partial charge in [0, 0.05) is 37.8 Å². The van der Waals surface area contributed by atoms with E-state index in [9.17, 15) is 13.2 Å². The van der Waals surface area contributed by atoms with Crippen LogP contribution in [0.2, 0.25) is 0 Å². The Labute approximate surface area is 179 Å². The van der Waals surface area contributed by atoms with Crippen LogP contribution in [0.3, 0.4) is 0 Å². The maximum atomic E-state index is 12.7. The summed E-state index contributed by atoms with van der Waals surface area (Å²) >= 11 is 1.66. The van der Waals surface area contributed by atoms with Crippen LogP contribution in [-0.2, 0) is 14.8 Å². The molecule has 1 aliphatic rings. The molecule has 10 heteroatoms. The second kappa shape index (κ2) is 8.58. The predicted molar refractivity (Wildman–Crippen MR) is 118 cm³/mol. The van der Waals surface area contributed by atoms with E-state index in [0.29, 0.717) is 18.5 Å². The Bertz CT molecular complexity index is 1100. The molecular weight excluding hydrogens is 422 g/mol. The highest BCUT2D eigenvalue weighted by Crippen LogP contribution is 2.27. The molecule has 0 unspecified atom stereocenters. The van der Waals surface area contributed by atoms with Crippen molar-refractivity contribution in [1.29, 1.82) is 0 Å². The number of benzene rings is 1. The number of thiophene rings is 1. The Kier molecular flexibility index (Phi) is 5.89. The minimum atomic E-state index is -3.61. The van der Waals surface area contributed by atoms with E-state index < -0.39 is 10.0 Å². The first-order valence-corrected chi connectivity index (χ1v) is 12.0. The Morgan fingerprint density at radius 1 is 1.20 bits per heavy atom. The maximum Gasteiger partial charge on any atom is 0.240 e. The molecular formula is C20H23N5O3S2. The smallest absolute Gasteiger partial charge is 0.240 e. The number of aromatic nitrogens is 2. The van der Waals surface area contributed by atoms with Gasteiger partial charge in [-0.05, 0) is 48.6 Å². The van der Waals surface area contributed by atoms with Crippen molar-refractivity contribution in [1.82, 2.24) is 14.9 Å². The Hall–Kier alpha value is -2.69. The first-order valence-electron chi connectivity index (χ1n) is 9.65. The highest BCUT2D eigenvalue weighted by molar-refractivity contribution is 7.89. The number of piperidine rings is 1. The lowest BCUT2D eigenvalue weighted by molar-refractivity contribution is -0.114. The van der Waals surface area contributed by atoms with Gasteiger partial charge in [-0.15, -0.1) is 11.3 Å². The SMILES string of the molecule is CC(=O)Nc1ccc(S(=O)(=O)NC2CCN(c3cc(-c4cccs4)[nH]n3)CC2)cc1. The number of amides is 1. The van der Waals surface area contributed by atoms with E-state index in [1.54, 1.807) is 23.5 Å². The van der Waals surface area contributed by atoms with Crippen LogP contribution in [0.15, 0.2) is 52.7 Å². The van der Waals surface area contributed by atoms with Crippen molar-refractivity contribution in [2.75, 3.05) is 23.3 Å². The van der Waals surface area contributed by atoms with E-state index in [1.807, 2.05) is 23.6 Å². The van der Waals surface area contributed by atoms with Crippen LogP contribution in [0.25, 0.3) is 10.6 Å². The lowest BCUT2D eigenvalue weighted by atomic mass is 10.1. The third-order valence-corrected chi connectivity index (χ3v) is 7.42. The van der Waals surface area contributed by atoms with Crippen molar-refractivity contribution < 1.29 is 13.2 Å². The minimum absolute atomic E-state index is 0.128. The maximum absolute atomic E-state index is 12.7. The van der Waals surface area contributed by atoms with Gasteiger partial charge in [0.1, 0.15) is 0 Å². The van der Waals surface area contributed by atoms with Gasteiger partial charge >= 0.3 is 0 Å². The minimum Gasteiger partial charge on any atom is -0.355 e. The van der Waals surface area contributed by atoms with E-state index >= 15 is 0 Å². The van der Waals surface area contributed by atoms with Gasteiger partial charge in [0.15, 0.2) is 5.82 Å². The highest BCUT2D eigenvalue weighted by atomic mass is 32.2. The summed E-state index contributed by atoms with van der Waals surface area (Å²) in [7, 11) is -3.61. The van der Waals surface area contributed by atoms with Gasteiger partial charge in [-0.1, -0.05) is 6.07 Å². The number of hydrogen-bond acceptors (Lipinski definition) is 6. The van der Waals surface area contributed by atoms with Gasteiger partial charge in [-0.25, -0.2) is 13.1 Å². The number of hydrogen-bond donors (Lipinski definition) is 3. The Morgan fingerprint density at radius 3 is 2.57 bits per heavy atom. The summed E-state index contributed by atoms with van der Waals surface area (Å²) in [5, 5.41) is 12.1. The molecule has 3 heterocycles. The summed E-state index contributed by atoms with van der Waals surface area (Å²) in [6.45, 7) is 2.86. The summed E-state index contributed by atoms with van der Waals surface area (Å²) in [5.41, 5.74) is 1.56. The van der Waals surface area contributed by atoms with Crippen LogP contribution in [0.5, 0.6) is 0 Å². The first kappa shape index (κ1) is 20.6. The summed E-state index contributed by atoms with van der Waals surface area (Å²) in [4.78, 5) is 14.6. The first-order chi connectivity index (χ1) is 14.4. The van der Waals surface area contributed by atoms with Crippen LogP contribution in [0.1, 0.15) is 19.8 Å². The average molecular weight is 446 g/mol. The zero-order valence-corrected chi connectivity index (χ0v) is 18.1. The number of carbonyl (C=O) groups excluding carboxylic acids is 1. The molecule has 0 aliphatic carbocycles. The zero-order valence-electron chi connectivity index (χ0n) is 16.5. The molecule has 8 nitrogen and oxygen atoms in total. The lowest BCUT2D eigenvalue weighted by Gasteiger charge is -2.32. The van der Waals surface area contributed by atoms with Gasteiger partial charge in [0.25, 0.3) is 0 Å². The molecule has 2 aromatic heterocycles. The van der Waals surface area contributed by atoms with Gasteiger partial charge in [0.2, 0.25) is 15.9 Å². The van der Waals surface area contributed by atoms with Crippen molar-refractivity contribution in [3.8, 4) is 10.6 Å². The van der Waals surface area contributed by atoms with Crippen molar-refractivity contribution in [2.45, 2.75) is 30.7 Å². The normalized spacial score (nSPS) is 15.3. The lowest BCUT2D eigenvalue weighted by Crippen LogP contribution is -2.44. The number of sulfonamides is 1. The topological polar surface area (TPSA) is 107 Å². The number of aromatic amines is 1. The third kappa shape index (κ3) is 4.72. The number of H-pyrrole nitrogens is 1. The fourth-order valence-electron chi connectivity index (χ4n) is 3.47. The fourth-order valence-corrected chi connectivity index (χ4v) is 5.46. The second-order valence-corrected chi connectivity index (χ2v) is 9.87. The summed E-state index contributed by atoms with van der Waals surface area (Å²) < 4.78 is 28.2. The van der Waals surface area contributed by atoms with E-state index in [4.69, 9.17) is 0 Å². The fraction of sp³-hybridized carbons (Fsp3) is 0.300. The second-order valence-electron chi connectivity index (χ2n) is 7.21. The molecule has 0 radical (unpaired) electrons. The van der Waals surface area contributed by atoms with Crippen molar-refractivity contribution in [2.24, 2.45) is 0 Å². The molecule has 1 aromatic carbocycles. The number of anilines is 2. The average Bonchev–Trinajstić information content (AvgIpc) is 3.40. The molecule has 158 valence electrons. The molecule has 0 atom stereocenters. The summed E-state index contributed by atoms with van der Waals surface area (Å²) in [5.74, 6) is 0.684. The van der Waals surface area contributed by atoms with Crippen molar-refractivity contribution in [3.05, 3.63) is 47.8 Å². The van der Waals surface area contributed by atoms with E-state index in [-0.39, 0.29) is 16.8 Å². The predicted octanol–water partition coefficient (Wildman–Crippen LogP) is 3.04. The van der Waals surface area contributed by atoms with Crippen LogP contribution >= 0.6 is 11.3 Å². The van der Waals surface area contributed by atoms with Crippen LogP contribution in [0, 0.1) is 0 Å². The van der Waals surface area contributed by atoms with Crippen molar-refractivity contribution >= 4 is 38.8 Å². The molecule has 1 aliphatic heterocycles. The standard InChI is InChI=1S/C20H23N5O3S2/c1-14(26)21-15-4-6-17(7-5-15)30(27,28)24-16-8-10-25(11-9-16)20-13-18(22-23-20)19-3-2-12-29-19/h2-7,12-13,16,24H,8-11H2,1H3,(H,21,26)(H,22,23). The number of carbonyl (C=O) groups is 1. The monoisotopic (exact) mass is 445 g/mol. The van der Waals surface area contributed by atoms with E-state index in [0.717, 1.165) is 29.5 Å². The zero-order chi connectivity index (χ0) is 21.1. The van der Waals surface area contributed by atoms with Crippen LogP contribution in [0.4, 0.5) is 11.5 Å². The molecule has 4 rings (SSSR count). The summed E-state index contributed by atoms with van der Waals surface area (Å²) in [6, 6.07) is 12.1. The van der Waals surface area contributed by atoms with Gasteiger partial charge in [-0.2, -0.15) is 5.10 Å². The third-order valence-electron chi connectivity index (χ3n) is 4.98. The molecule has 30 heavy (non-hydrogen) atoms. The molecule has 1 amide bonds. The highest BCUT2D eigenvalue weighted by Gasteiger charge is 2.25. The molecule has 0 bridgehead atoms. The molecule has 1 fully saturated rings. The van der Waals surface area contributed by atoms with E-state index in [2.05, 4.69) is 25.1 Å². The van der Waals surface area contributed by atoms with Gasteiger partial charge < -0.3 is 10.2 Å². The summed E-state index contributed by atoms with van der Waals surface area (Å²) in [6.07, 6.45) is 1.40. The van der Waals surface area contributed by atoms with E-state index in [1.165, 1.54) is 19.1 Å². The van der Waals surface area contributed by atoms with Gasteiger partial charge in [0.05, 0.1) is 15.5 Å². The molecule has 3 aromatic rings. The number of nitrogens with one attached hydrogen (secondary N) is 3. The van der Waals surface area contributed by atoms with Gasteiger partial charge in [-0.3, -0.25) is 9.89 Å². The number of nitrogens with zero attached hydrogens (tertiary/aromatic N) is 2. The Balaban J connectivity index is 1.34. The van der Waals surface area contributed by atoms with Crippen LogP contribution in [-0.4, -0.2) is 43.7 Å². The van der Waals surface area contributed by atoms with Crippen LogP contribution < -0.4 is 14.9 Å².